The van der Waals surface area contributed by atoms with Gasteiger partial charge in [0.25, 0.3) is 5.91 Å². The zero-order chi connectivity index (χ0) is 21.1. The van der Waals surface area contributed by atoms with Crippen LogP contribution >= 0.6 is 0 Å². The monoisotopic (exact) mass is 405 g/mol. The van der Waals surface area contributed by atoms with Crippen molar-refractivity contribution in [2.75, 3.05) is 17.2 Å². The van der Waals surface area contributed by atoms with Crippen molar-refractivity contribution in [2.45, 2.75) is 32.7 Å². The van der Waals surface area contributed by atoms with Crippen molar-refractivity contribution in [2.24, 2.45) is 0 Å². The van der Waals surface area contributed by atoms with Crippen molar-refractivity contribution in [1.29, 1.82) is 0 Å². The normalized spacial score (nSPS) is 13.0. The van der Waals surface area contributed by atoms with Gasteiger partial charge in [0, 0.05) is 23.0 Å². The number of rotatable bonds is 7. The lowest BCUT2D eigenvalue weighted by Gasteiger charge is -2.12. The molecule has 9 nitrogen and oxygen atoms in total. The Morgan fingerprint density at radius 2 is 1.93 bits per heavy atom. The number of anilines is 2. The Balaban J connectivity index is 1.37. The molecular formula is C21H23N7O2. The lowest BCUT2D eigenvalue weighted by molar-refractivity contribution is -0.114. The number of amides is 2. The smallest absolute Gasteiger partial charge is 0.251 e. The molecule has 0 atom stereocenters. The van der Waals surface area contributed by atoms with E-state index in [0.29, 0.717) is 17.1 Å². The van der Waals surface area contributed by atoms with Gasteiger partial charge in [-0.3, -0.25) is 9.59 Å². The van der Waals surface area contributed by atoms with Gasteiger partial charge in [-0.15, -0.1) is 5.10 Å². The molecule has 1 aliphatic carbocycles. The van der Waals surface area contributed by atoms with Crippen molar-refractivity contribution in [1.82, 2.24) is 25.5 Å². The summed E-state index contributed by atoms with van der Waals surface area (Å²) in [5, 5.41) is 20.5. The Morgan fingerprint density at radius 1 is 1.10 bits per heavy atom. The van der Waals surface area contributed by atoms with Gasteiger partial charge in [0.05, 0.1) is 12.2 Å². The van der Waals surface area contributed by atoms with Crippen LogP contribution < -0.4 is 16.0 Å². The van der Waals surface area contributed by atoms with E-state index in [1.807, 2.05) is 32.0 Å². The Hall–Kier alpha value is -3.75. The molecule has 2 amide bonds. The molecule has 0 radical (unpaired) electrons. The number of hydrogen-bond donors (Lipinski definition) is 3. The van der Waals surface area contributed by atoms with E-state index < -0.39 is 0 Å². The summed E-state index contributed by atoms with van der Waals surface area (Å²) in [5.74, 6) is 0.353. The molecular weight excluding hydrogens is 382 g/mol. The lowest BCUT2D eigenvalue weighted by Crippen LogP contribution is -2.26. The average Bonchev–Trinajstić information content (AvgIpc) is 3.45. The average molecular weight is 405 g/mol. The largest absolute Gasteiger partial charge is 0.376 e. The van der Waals surface area contributed by atoms with Crippen LogP contribution in [0.15, 0.2) is 42.5 Å². The number of carbonyl (C=O) groups excluding carboxylic acids is 2. The molecule has 1 saturated carbocycles. The summed E-state index contributed by atoms with van der Waals surface area (Å²) in [6.45, 7) is 3.88. The number of aryl methyl sites for hydroxylation is 2. The van der Waals surface area contributed by atoms with Crippen molar-refractivity contribution >= 4 is 23.2 Å². The van der Waals surface area contributed by atoms with Gasteiger partial charge in [-0.25, -0.2) is 0 Å². The third kappa shape index (κ3) is 4.62. The molecule has 1 aromatic heterocycles. The Labute approximate surface area is 173 Å². The summed E-state index contributed by atoms with van der Waals surface area (Å²) in [6, 6.07) is 13.0. The third-order valence-electron chi connectivity index (χ3n) is 4.84. The van der Waals surface area contributed by atoms with Crippen molar-refractivity contribution in [3.05, 3.63) is 59.4 Å². The number of aromatic nitrogens is 4. The van der Waals surface area contributed by atoms with Crippen LogP contribution in [0.5, 0.6) is 0 Å². The molecule has 1 heterocycles. The van der Waals surface area contributed by atoms with E-state index in [2.05, 4.69) is 31.5 Å². The first-order chi connectivity index (χ1) is 14.5. The van der Waals surface area contributed by atoms with Gasteiger partial charge in [-0.05, 0) is 73.0 Å². The summed E-state index contributed by atoms with van der Waals surface area (Å²) in [7, 11) is 0. The molecule has 4 rings (SSSR count). The highest BCUT2D eigenvalue weighted by molar-refractivity contribution is 5.98. The first-order valence-electron chi connectivity index (χ1n) is 9.80. The molecule has 0 saturated heterocycles. The molecule has 0 unspecified atom stereocenters. The fraction of sp³-hybridized carbons (Fsp3) is 0.286. The highest BCUT2D eigenvalue weighted by atomic mass is 16.2. The molecule has 1 fully saturated rings. The third-order valence-corrected chi connectivity index (χ3v) is 4.84. The highest BCUT2D eigenvalue weighted by Crippen LogP contribution is 2.21. The zero-order valence-corrected chi connectivity index (χ0v) is 16.8. The molecule has 2 aromatic carbocycles. The Bertz CT molecular complexity index is 1090. The first kappa shape index (κ1) is 19.6. The van der Waals surface area contributed by atoms with Crippen LogP contribution in [-0.2, 0) is 4.79 Å². The minimum absolute atomic E-state index is 0.0790. The summed E-state index contributed by atoms with van der Waals surface area (Å²) >= 11 is 0. The van der Waals surface area contributed by atoms with Crippen molar-refractivity contribution < 1.29 is 9.59 Å². The standard InChI is InChI=1S/C21H23N7O2/c1-13-6-7-17(11-19(13)28-14(2)25-26-27-28)22-12-20(29)23-18-5-3-4-15(10-18)21(30)24-16-8-9-16/h3-7,10-11,16,22H,8-9,12H2,1-2H3,(H,23,29)(H,24,30). The zero-order valence-electron chi connectivity index (χ0n) is 16.8. The Kier molecular flexibility index (Phi) is 5.42. The van der Waals surface area contributed by atoms with Gasteiger partial charge in [0.1, 0.15) is 0 Å². The van der Waals surface area contributed by atoms with Gasteiger partial charge in [0.15, 0.2) is 5.82 Å². The second kappa shape index (κ2) is 8.32. The number of nitrogens with one attached hydrogen (secondary N) is 3. The predicted molar refractivity (Wildman–Crippen MR) is 113 cm³/mol. The number of carbonyl (C=O) groups is 2. The van der Waals surface area contributed by atoms with Crippen LogP contribution in [0.2, 0.25) is 0 Å². The lowest BCUT2D eigenvalue weighted by atomic mass is 10.1. The van der Waals surface area contributed by atoms with Crippen LogP contribution in [-0.4, -0.2) is 44.6 Å². The van der Waals surface area contributed by atoms with Crippen LogP contribution in [0, 0.1) is 13.8 Å². The summed E-state index contributed by atoms with van der Waals surface area (Å²) in [4.78, 5) is 24.6. The molecule has 1 aliphatic rings. The van der Waals surface area contributed by atoms with Gasteiger partial charge in [0.2, 0.25) is 5.91 Å². The number of benzene rings is 2. The van der Waals surface area contributed by atoms with Crippen LogP contribution in [0.25, 0.3) is 5.69 Å². The van der Waals surface area contributed by atoms with Crippen LogP contribution in [0.1, 0.15) is 34.6 Å². The van der Waals surface area contributed by atoms with E-state index in [1.165, 1.54) is 0 Å². The molecule has 3 aromatic rings. The number of nitrogens with zero attached hydrogens (tertiary/aromatic N) is 4. The van der Waals surface area contributed by atoms with Crippen molar-refractivity contribution in [3.8, 4) is 5.69 Å². The van der Waals surface area contributed by atoms with E-state index >= 15 is 0 Å². The summed E-state index contributed by atoms with van der Waals surface area (Å²) < 4.78 is 1.65. The topological polar surface area (TPSA) is 114 Å². The second-order valence-electron chi connectivity index (χ2n) is 7.37. The van der Waals surface area contributed by atoms with Crippen LogP contribution in [0.4, 0.5) is 11.4 Å². The van der Waals surface area contributed by atoms with E-state index in [4.69, 9.17) is 0 Å². The maximum absolute atomic E-state index is 12.4. The van der Waals surface area contributed by atoms with E-state index in [9.17, 15) is 9.59 Å². The minimum Gasteiger partial charge on any atom is -0.376 e. The second-order valence-corrected chi connectivity index (χ2v) is 7.37. The van der Waals surface area contributed by atoms with Gasteiger partial charge < -0.3 is 16.0 Å². The molecule has 154 valence electrons. The van der Waals surface area contributed by atoms with E-state index in [1.54, 1.807) is 28.9 Å². The quantitative estimate of drug-likeness (QED) is 0.555. The molecule has 30 heavy (non-hydrogen) atoms. The maximum atomic E-state index is 12.4. The fourth-order valence-electron chi connectivity index (χ4n) is 3.02. The van der Waals surface area contributed by atoms with Gasteiger partial charge >= 0.3 is 0 Å². The Morgan fingerprint density at radius 3 is 2.67 bits per heavy atom. The first-order valence-corrected chi connectivity index (χ1v) is 9.80. The van der Waals surface area contributed by atoms with Gasteiger partial charge in [-0.2, -0.15) is 4.68 Å². The highest BCUT2D eigenvalue weighted by Gasteiger charge is 2.23. The predicted octanol–water partition coefficient (Wildman–Crippen LogP) is 2.22. The fourth-order valence-corrected chi connectivity index (χ4v) is 3.02. The SMILES string of the molecule is Cc1ccc(NCC(=O)Nc2cccc(C(=O)NC3CC3)c2)cc1-n1nnnc1C. The maximum Gasteiger partial charge on any atom is 0.251 e. The molecule has 9 heteroatoms. The van der Waals surface area contributed by atoms with E-state index in [-0.39, 0.29) is 24.4 Å². The molecule has 0 bridgehead atoms. The molecule has 3 N–H and O–H groups in total. The van der Waals surface area contributed by atoms with Crippen molar-refractivity contribution in [3.63, 3.8) is 0 Å². The summed E-state index contributed by atoms with van der Waals surface area (Å²) in [6.07, 6.45) is 2.06. The van der Waals surface area contributed by atoms with Gasteiger partial charge in [-0.1, -0.05) is 12.1 Å². The molecule has 0 spiro atoms. The van der Waals surface area contributed by atoms with Crippen LogP contribution in [0.3, 0.4) is 0 Å². The molecule has 0 aliphatic heterocycles. The number of tetrazole rings is 1. The number of hydrogen-bond acceptors (Lipinski definition) is 6. The minimum atomic E-state index is -0.213. The van der Waals surface area contributed by atoms with E-state index in [0.717, 1.165) is 29.8 Å². The summed E-state index contributed by atoms with van der Waals surface area (Å²) in [5.41, 5.74) is 3.75.